The first kappa shape index (κ1) is 12.8. The Morgan fingerprint density at radius 3 is 2.63 bits per heavy atom. The van der Waals surface area contributed by atoms with Gasteiger partial charge in [-0.2, -0.15) is 4.98 Å². The van der Waals surface area contributed by atoms with Crippen LogP contribution in [-0.2, 0) is 4.79 Å². The molecule has 0 bridgehead atoms. The minimum absolute atomic E-state index is 0.308. The topological polar surface area (TPSA) is 56.0 Å². The van der Waals surface area contributed by atoms with Crippen molar-refractivity contribution in [2.75, 3.05) is 0 Å². The molecule has 0 spiro atoms. The van der Waals surface area contributed by atoms with Crippen LogP contribution in [0.3, 0.4) is 0 Å². The van der Waals surface area contributed by atoms with Gasteiger partial charge in [0.25, 0.3) is 0 Å². The second kappa shape index (κ2) is 5.43. The van der Waals surface area contributed by atoms with Crippen LogP contribution in [-0.4, -0.2) is 15.9 Å². The molecule has 0 radical (unpaired) electrons. The average Bonchev–Trinajstić information content (AvgIpc) is 3.08. The molecule has 2 unspecified atom stereocenters. The Balaban J connectivity index is 1.65. The fourth-order valence-corrected chi connectivity index (χ4v) is 3.45. The number of ketones is 1. The molecule has 4 heteroatoms. The summed E-state index contributed by atoms with van der Waals surface area (Å²) in [5.41, 5.74) is 0. The van der Waals surface area contributed by atoms with Crippen LogP contribution in [0.1, 0.15) is 81.8 Å². The van der Waals surface area contributed by atoms with Gasteiger partial charge in [0, 0.05) is 24.7 Å². The van der Waals surface area contributed by atoms with E-state index in [-0.39, 0.29) is 0 Å². The Morgan fingerprint density at radius 1 is 1.16 bits per heavy atom. The summed E-state index contributed by atoms with van der Waals surface area (Å²) in [6.07, 6.45) is 8.05. The minimum atomic E-state index is 0.308. The zero-order valence-corrected chi connectivity index (χ0v) is 11.6. The van der Waals surface area contributed by atoms with Crippen molar-refractivity contribution < 1.29 is 9.32 Å². The van der Waals surface area contributed by atoms with Gasteiger partial charge in [0.15, 0.2) is 5.82 Å². The van der Waals surface area contributed by atoms with Crippen LogP contribution >= 0.6 is 0 Å². The van der Waals surface area contributed by atoms with Crippen molar-refractivity contribution in [2.45, 2.75) is 70.1 Å². The first-order valence-corrected chi connectivity index (χ1v) is 7.61. The van der Waals surface area contributed by atoms with Crippen LogP contribution < -0.4 is 0 Å². The average molecular weight is 262 g/mol. The molecule has 0 aliphatic heterocycles. The smallest absolute Gasteiger partial charge is 0.229 e. The highest BCUT2D eigenvalue weighted by atomic mass is 16.5. The Morgan fingerprint density at radius 2 is 1.95 bits per heavy atom. The molecule has 0 amide bonds. The number of nitrogens with zero attached hydrogens (tertiary/aromatic N) is 2. The molecule has 19 heavy (non-hydrogen) atoms. The highest BCUT2D eigenvalue weighted by Crippen LogP contribution is 2.39. The molecule has 1 aromatic heterocycles. The second-order valence-electron chi connectivity index (χ2n) is 6.09. The lowest BCUT2D eigenvalue weighted by molar-refractivity contribution is -0.120. The van der Waals surface area contributed by atoms with Crippen molar-refractivity contribution in [1.29, 1.82) is 0 Å². The predicted molar refractivity (Wildman–Crippen MR) is 70.9 cm³/mol. The van der Waals surface area contributed by atoms with Gasteiger partial charge in [-0.3, -0.25) is 4.79 Å². The summed E-state index contributed by atoms with van der Waals surface area (Å²) in [7, 11) is 0. The number of Topliss-reactive ketones (excluding diaryl/α,β-unsaturated/α-hetero) is 1. The summed E-state index contributed by atoms with van der Waals surface area (Å²) in [6, 6.07) is 0. The summed E-state index contributed by atoms with van der Waals surface area (Å²) in [4.78, 5) is 15.9. The van der Waals surface area contributed by atoms with Gasteiger partial charge in [0.2, 0.25) is 5.89 Å². The summed E-state index contributed by atoms with van der Waals surface area (Å²) in [5, 5.41) is 4.19. The number of aromatic nitrogens is 2. The molecule has 2 aliphatic carbocycles. The van der Waals surface area contributed by atoms with Crippen LogP contribution in [0.15, 0.2) is 4.52 Å². The molecular weight excluding hydrogens is 240 g/mol. The van der Waals surface area contributed by atoms with Gasteiger partial charge >= 0.3 is 0 Å². The largest absolute Gasteiger partial charge is 0.339 e. The Labute approximate surface area is 114 Å². The van der Waals surface area contributed by atoms with E-state index in [0.29, 0.717) is 30.5 Å². The number of hydrogen-bond acceptors (Lipinski definition) is 4. The van der Waals surface area contributed by atoms with Gasteiger partial charge in [-0.15, -0.1) is 0 Å². The van der Waals surface area contributed by atoms with Crippen molar-refractivity contribution in [1.82, 2.24) is 10.1 Å². The van der Waals surface area contributed by atoms with E-state index in [1.54, 1.807) is 0 Å². The van der Waals surface area contributed by atoms with Gasteiger partial charge in [-0.25, -0.2) is 0 Å². The van der Waals surface area contributed by atoms with E-state index in [0.717, 1.165) is 30.5 Å². The van der Waals surface area contributed by atoms with Crippen molar-refractivity contribution in [2.24, 2.45) is 5.92 Å². The van der Waals surface area contributed by atoms with Crippen LogP contribution in [0.4, 0.5) is 0 Å². The monoisotopic (exact) mass is 262 g/mol. The van der Waals surface area contributed by atoms with Crippen LogP contribution in [0, 0.1) is 5.92 Å². The minimum Gasteiger partial charge on any atom is -0.339 e. The van der Waals surface area contributed by atoms with E-state index in [4.69, 9.17) is 4.52 Å². The van der Waals surface area contributed by atoms with Crippen LogP contribution in [0.5, 0.6) is 0 Å². The van der Waals surface area contributed by atoms with Gasteiger partial charge in [0.05, 0.1) is 0 Å². The van der Waals surface area contributed by atoms with E-state index in [9.17, 15) is 4.79 Å². The number of carbonyl (C=O) groups excluding carboxylic acids is 1. The van der Waals surface area contributed by atoms with Gasteiger partial charge in [0.1, 0.15) is 5.78 Å². The summed E-state index contributed by atoms with van der Waals surface area (Å²) >= 11 is 0. The number of rotatable bonds is 3. The van der Waals surface area contributed by atoms with Gasteiger partial charge < -0.3 is 4.52 Å². The Bertz CT molecular complexity index is 445. The number of hydrogen-bond donors (Lipinski definition) is 0. The molecule has 1 heterocycles. The molecule has 2 fully saturated rings. The first-order valence-electron chi connectivity index (χ1n) is 7.61. The lowest BCUT2D eigenvalue weighted by Gasteiger charge is -2.16. The molecule has 4 nitrogen and oxygen atoms in total. The van der Waals surface area contributed by atoms with Crippen LogP contribution in [0.2, 0.25) is 0 Å². The maximum atomic E-state index is 11.3. The van der Waals surface area contributed by atoms with Crippen molar-refractivity contribution >= 4 is 5.78 Å². The normalized spacial score (nSPS) is 29.0. The zero-order valence-electron chi connectivity index (χ0n) is 11.6. The highest BCUT2D eigenvalue weighted by Gasteiger charge is 2.30. The van der Waals surface area contributed by atoms with Crippen molar-refractivity contribution in [3.8, 4) is 0 Å². The van der Waals surface area contributed by atoms with E-state index in [1.165, 1.54) is 25.7 Å². The molecule has 3 rings (SSSR count). The lowest BCUT2D eigenvalue weighted by atomic mass is 9.88. The third kappa shape index (κ3) is 2.72. The van der Waals surface area contributed by atoms with Crippen molar-refractivity contribution in [3.05, 3.63) is 11.7 Å². The quantitative estimate of drug-likeness (QED) is 0.835. The van der Waals surface area contributed by atoms with Gasteiger partial charge in [-0.05, 0) is 38.0 Å². The summed E-state index contributed by atoms with van der Waals surface area (Å²) in [5.74, 6) is 3.68. The molecule has 2 aliphatic rings. The predicted octanol–water partition coefficient (Wildman–Crippen LogP) is 3.59. The molecule has 1 aromatic rings. The van der Waals surface area contributed by atoms with E-state index >= 15 is 0 Å². The third-order valence-electron chi connectivity index (χ3n) is 4.83. The fraction of sp³-hybridized carbons (Fsp3) is 0.800. The van der Waals surface area contributed by atoms with Crippen LogP contribution in [0.25, 0.3) is 0 Å². The second-order valence-corrected chi connectivity index (χ2v) is 6.09. The van der Waals surface area contributed by atoms with E-state index in [1.807, 2.05) is 0 Å². The first-order chi connectivity index (χ1) is 9.26. The standard InChI is InChI=1S/C15H22N2O2/c1-2-10-3-4-12(9-10)14-16-15(19-17-14)11-5-7-13(18)8-6-11/h10-12H,2-9H2,1H3. The molecule has 0 saturated heterocycles. The Hall–Kier alpha value is -1.19. The zero-order chi connectivity index (χ0) is 13.2. The third-order valence-corrected chi connectivity index (χ3v) is 4.83. The van der Waals surface area contributed by atoms with E-state index in [2.05, 4.69) is 17.1 Å². The molecule has 2 saturated carbocycles. The number of carbonyl (C=O) groups is 1. The van der Waals surface area contributed by atoms with Gasteiger partial charge in [-0.1, -0.05) is 18.5 Å². The Kier molecular flexibility index (Phi) is 3.67. The maximum absolute atomic E-state index is 11.3. The SMILES string of the molecule is CCC1CCC(c2noc(C3CCC(=O)CC3)n2)C1. The maximum Gasteiger partial charge on any atom is 0.229 e. The summed E-state index contributed by atoms with van der Waals surface area (Å²) in [6.45, 7) is 2.26. The molecule has 0 aromatic carbocycles. The molecule has 104 valence electrons. The molecular formula is C15H22N2O2. The highest BCUT2D eigenvalue weighted by molar-refractivity contribution is 5.79. The van der Waals surface area contributed by atoms with E-state index < -0.39 is 0 Å². The molecule has 0 N–H and O–H groups in total. The van der Waals surface area contributed by atoms with Crippen molar-refractivity contribution in [3.63, 3.8) is 0 Å². The summed E-state index contributed by atoms with van der Waals surface area (Å²) < 4.78 is 5.45. The fourth-order valence-electron chi connectivity index (χ4n) is 3.45. The molecule has 2 atom stereocenters. The lowest BCUT2D eigenvalue weighted by Crippen LogP contribution is -2.12.